The van der Waals surface area contributed by atoms with Crippen molar-refractivity contribution in [3.8, 4) is 5.75 Å². The average molecular weight is 334 g/mol. The molecule has 0 aliphatic heterocycles. The largest absolute Gasteiger partial charge is 0.492 e. The summed E-state index contributed by atoms with van der Waals surface area (Å²) >= 11 is 0. The van der Waals surface area contributed by atoms with E-state index in [-0.39, 0.29) is 17.4 Å². The number of halogens is 1. The minimum absolute atomic E-state index is 0.0370. The highest BCUT2D eigenvalue weighted by atomic mass is 35.7. The fraction of sp³-hybridized carbons (Fsp3) is 0.500. The van der Waals surface area contributed by atoms with Gasteiger partial charge in [0, 0.05) is 10.7 Å². The Bertz CT molecular complexity index is 641. The van der Waals surface area contributed by atoms with Gasteiger partial charge < -0.3 is 10.5 Å². The first-order valence-electron chi connectivity index (χ1n) is 6.55. The Balaban J connectivity index is 3.19. The molecule has 0 fully saturated rings. The number of benzene rings is 1. The third kappa shape index (κ3) is 4.61. The SMILES string of the molecule is Cc1cc(S(=O)(=O)Cl)c(C(C)C)cc1OCC(C)C(N)=O. The van der Waals surface area contributed by atoms with E-state index in [0.29, 0.717) is 16.9 Å². The molecular formula is C14H20ClNO4S. The van der Waals surface area contributed by atoms with E-state index >= 15 is 0 Å². The van der Waals surface area contributed by atoms with Crippen LogP contribution in [0.2, 0.25) is 0 Å². The minimum atomic E-state index is -3.82. The van der Waals surface area contributed by atoms with E-state index in [2.05, 4.69) is 0 Å². The zero-order chi connectivity index (χ0) is 16.4. The molecule has 0 radical (unpaired) electrons. The van der Waals surface area contributed by atoms with E-state index in [1.54, 1.807) is 19.9 Å². The topological polar surface area (TPSA) is 86.5 Å². The maximum absolute atomic E-state index is 11.6. The summed E-state index contributed by atoms with van der Waals surface area (Å²) in [5.41, 5.74) is 6.40. The number of rotatable bonds is 6. The first-order chi connectivity index (χ1) is 9.54. The van der Waals surface area contributed by atoms with Crippen LogP contribution in [0.1, 0.15) is 37.8 Å². The maximum Gasteiger partial charge on any atom is 0.261 e. The molecule has 0 saturated heterocycles. The van der Waals surface area contributed by atoms with Gasteiger partial charge in [-0.25, -0.2) is 8.42 Å². The smallest absolute Gasteiger partial charge is 0.261 e. The molecule has 1 aromatic rings. The molecule has 0 bridgehead atoms. The lowest BCUT2D eigenvalue weighted by molar-refractivity contribution is -0.122. The number of amides is 1. The fourth-order valence-corrected chi connectivity index (χ4v) is 3.09. The molecule has 7 heteroatoms. The zero-order valence-electron chi connectivity index (χ0n) is 12.5. The van der Waals surface area contributed by atoms with E-state index in [4.69, 9.17) is 21.2 Å². The molecule has 118 valence electrons. The third-order valence-electron chi connectivity index (χ3n) is 3.17. The van der Waals surface area contributed by atoms with Gasteiger partial charge in [-0.2, -0.15) is 0 Å². The summed E-state index contributed by atoms with van der Waals surface area (Å²) in [5, 5.41) is 0. The molecule has 0 aliphatic rings. The highest BCUT2D eigenvalue weighted by Gasteiger charge is 2.21. The molecule has 1 rings (SSSR count). The van der Waals surface area contributed by atoms with Crippen molar-refractivity contribution in [1.82, 2.24) is 0 Å². The van der Waals surface area contributed by atoms with Crippen molar-refractivity contribution < 1.29 is 17.9 Å². The monoisotopic (exact) mass is 333 g/mol. The van der Waals surface area contributed by atoms with Crippen LogP contribution >= 0.6 is 10.7 Å². The summed E-state index contributed by atoms with van der Waals surface area (Å²) in [6, 6.07) is 3.14. The normalized spacial score (nSPS) is 13.2. The Morgan fingerprint density at radius 1 is 1.33 bits per heavy atom. The Labute approximate surface area is 129 Å². The molecule has 0 heterocycles. The van der Waals surface area contributed by atoms with Gasteiger partial charge in [0.25, 0.3) is 9.05 Å². The minimum Gasteiger partial charge on any atom is -0.492 e. The number of carbonyl (C=O) groups is 1. The molecular weight excluding hydrogens is 314 g/mol. The predicted molar refractivity (Wildman–Crippen MR) is 82.2 cm³/mol. The first kappa shape index (κ1) is 17.8. The van der Waals surface area contributed by atoms with Crippen LogP contribution in [-0.2, 0) is 13.8 Å². The van der Waals surface area contributed by atoms with Gasteiger partial charge in [0.1, 0.15) is 5.75 Å². The quantitative estimate of drug-likeness (QED) is 0.810. The Kier molecular flexibility index (Phi) is 5.64. The second-order valence-corrected chi connectivity index (χ2v) is 7.90. The van der Waals surface area contributed by atoms with Crippen molar-refractivity contribution in [2.24, 2.45) is 11.7 Å². The number of hydrogen-bond donors (Lipinski definition) is 1. The Morgan fingerprint density at radius 2 is 1.90 bits per heavy atom. The van der Waals surface area contributed by atoms with Crippen molar-refractivity contribution in [2.75, 3.05) is 6.61 Å². The van der Waals surface area contributed by atoms with Gasteiger partial charge in [-0.1, -0.05) is 20.8 Å². The van der Waals surface area contributed by atoms with Gasteiger partial charge in [0.05, 0.1) is 17.4 Å². The number of ether oxygens (including phenoxy) is 1. The predicted octanol–water partition coefficient (Wildman–Crippen LogP) is 2.55. The lowest BCUT2D eigenvalue weighted by atomic mass is 10.0. The first-order valence-corrected chi connectivity index (χ1v) is 8.86. The molecule has 1 unspecified atom stereocenters. The maximum atomic E-state index is 11.6. The van der Waals surface area contributed by atoms with Gasteiger partial charge in [0.2, 0.25) is 5.91 Å². The summed E-state index contributed by atoms with van der Waals surface area (Å²) in [5.74, 6) is -0.388. The number of aryl methyl sites for hydroxylation is 1. The molecule has 1 aromatic carbocycles. The van der Waals surface area contributed by atoms with Crippen LogP contribution < -0.4 is 10.5 Å². The van der Waals surface area contributed by atoms with Crippen LogP contribution in [0.4, 0.5) is 0 Å². The highest BCUT2D eigenvalue weighted by Crippen LogP contribution is 2.33. The number of hydrogen-bond acceptors (Lipinski definition) is 4. The summed E-state index contributed by atoms with van der Waals surface area (Å²) in [6.07, 6.45) is 0. The molecule has 0 aromatic heterocycles. The number of carbonyl (C=O) groups excluding carboxylic acids is 1. The lowest BCUT2D eigenvalue weighted by Crippen LogP contribution is -2.26. The molecule has 21 heavy (non-hydrogen) atoms. The van der Waals surface area contributed by atoms with Crippen molar-refractivity contribution in [3.05, 3.63) is 23.3 Å². The number of primary amides is 1. The van der Waals surface area contributed by atoms with E-state index < -0.39 is 20.9 Å². The summed E-state index contributed by atoms with van der Waals surface area (Å²) in [4.78, 5) is 11.1. The molecule has 1 amide bonds. The Hall–Kier alpha value is -1.27. The van der Waals surface area contributed by atoms with Gasteiger partial charge in [-0.15, -0.1) is 0 Å². The second-order valence-electron chi connectivity index (χ2n) is 5.36. The molecule has 5 nitrogen and oxygen atoms in total. The third-order valence-corrected chi connectivity index (χ3v) is 4.54. The van der Waals surface area contributed by atoms with Crippen molar-refractivity contribution in [2.45, 2.75) is 38.5 Å². The lowest BCUT2D eigenvalue weighted by Gasteiger charge is -2.17. The van der Waals surface area contributed by atoms with Crippen LogP contribution in [0.15, 0.2) is 17.0 Å². The van der Waals surface area contributed by atoms with Gasteiger partial charge >= 0.3 is 0 Å². The molecule has 1 atom stereocenters. The summed E-state index contributed by atoms with van der Waals surface area (Å²) in [7, 11) is 1.65. The van der Waals surface area contributed by atoms with Crippen molar-refractivity contribution >= 4 is 25.6 Å². The second kappa shape index (κ2) is 6.66. The van der Waals surface area contributed by atoms with Gasteiger partial charge in [0.15, 0.2) is 0 Å². The van der Waals surface area contributed by atoms with Gasteiger partial charge in [-0.3, -0.25) is 4.79 Å². The molecule has 0 spiro atoms. The van der Waals surface area contributed by atoms with Crippen LogP contribution in [0.25, 0.3) is 0 Å². The van der Waals surface area contributed by atoms with E-state index in [9.17, 15) is 13.2 Å². The molecule has 2 N–H and O–H groups in total. The fourth-order valence-electron chi connectivity index (χ4n) is 1.79. The van der Waals surface area contributed by atoms with Crippen LogP contribution in [0, 0.1) is 12.8 Å². The van der Waals surface area contributed by atoms with Crippen molar-refractivity contribution in [3.63, 3.8) is 0 Å². The van der Waals surface area contributed by atoms with E-state index in [0.717, 1.165) is 0 Å². The van der Waals surface area contributed by atoms with E-state index in [1.165, 1.54) is 6.07 Å². The zero-order valence-corrected chi connectivity index (χ0v) is 14.1. The van der Waals surface area contributed by atoms with Crippen LogP contribution in [-0.4, -0.2) is 20.9 Å². The average Bonchev–Trinajstić information content (AvgIpc) is 2.34. The summed E-state index contributed by atoms with van der Waals surface area (Å²) in [6.45, 7) is 7.26. The highest BCUT2D eigenvalue weighted by molar-refractivity contribution is 8.13. The summed E-state index contributed by atoms with van der Waals surface area (Å²) < 4.78 is 28.9. The van der Waals surface area contributed by atoms with E-state index in [1.807, 2.05) is 13.8 Å². The molecule has 0 saturated carbocycles. The Morgan fingerprint density at radius 3 is 2.33 bits per heavy atom. The van der Waals surface area contributed by atoms with Crippen molar-refractivity contribution in [1.29, 1.82) is 0 Å². The van der Waals surface area contributed by atoms with Crippen LogP contribution in [0.5, 0.6) is 5.75 Å². The van der Waals surface area contributed by atoms with Crippen LogP contribution in [0.3, 0.4) is 0 Å². The number of nitrogens with two attached hydrogens (primary N) is 1. The van der Waals surface area contributed by atoms with Gasteiger partial charge in [-0.05, 0) is 36.1 Å². The standard InChI is InChI=1S/C14H20ClNO4S/c1-8(2)11-6-12(20-7-10(4)14(16)17)9(3)5-13(11)21(15,18)19/h5-6,8,10H,7H2,1-4H3,(H2,16,17). The molecule has 0 aliphatic carbocycles.